The van der Waals surface area contributed by atoms with Crippen molar-refractivity contribution in [3.05, 3.63) is 22.8 Å². The van der Waals surface area contributed by atoms with Gasteiger partial charge in [-0.05, 0) is 44.6 Å². The molecule has 27 heavy (non-hydrogen) atoms. The molecule has 2 N–H and O–H groups in total. The Bertz CT molecular complexity index is 933. The fourth-order valence-electron chi connectivity index (χ4n) is 6.43. The SMILES string of the molecule is N#Cc1cc(O)c2c3c1OC1C(=O)CC[C@@]4(O)[C@@H](C2)N(CC2CC2)CC[C@]314. The van der Waals surface area contributed by atoms with Gasteiger partial charge in [0.05, 0.1) is 16.6 Å². The molecule has 1 saturated heterocycles. The van der Waals surface area contributed by atoms with Crippen LogP contribution in [0.25, 0.3) is 0 Å². The third kappa shape index (κ3) is 1.71. The Kier molecular flexibility index (Phi) is 2.85. The van der Waals surface area contributed by atoms with Crippen LogP contribution in [0, 0.1) is 17.2 Å². The molecule has 2 bridgehead atoms. The first kappa shape index (κ1) is 15.9. The summed E-state index contributed by atoms with van der Waals surface area (Å²) in [6, 6.07) is 3.43. The smallest absolute Gasteiger partial charge is 0.174 e. The van der Waals surface area contributed by atoms with Crippen LogP contribution in [0.3, 0.4) is 0 Å². The number of piperidine rings is 1. The van der Waals surface area contributed by atoms with Crippen molar-refractivity contribution in [1.29, 1.82) is 5.26 Å². The molecule has 3 aliphatic carbocycles. The summed E-state index contributed by atoms with van der Waals surface area (Å²) in [5.41, 5.74) is -0.139. The molecule has 140 valence electrons. The van der Waals surface area contributed by atoms with E-state index in [0.29, 0.717) is 37.4 Å². The Morgan fingerprint density at radius 3 is 2.93 bits per heavy atom. The number of aromatic hydroxyl groups is 1. The number of ether oxygens (including phenoxy) is 1. The van der Waals surface area contributed by atoms with Gasteiger partial charge in [-0.2, -0.15) is 5.26 Å². The minimum atomic E-state index is -1.06. The van der Waals surface area contributed by atoms with Gasteiger partial charge in [0.1, 0.15) is 17.6 Å². The first-order valence-corrected chi connectivity index (χ1v) is 9.95. The van der Waals surface area contributed by atoms with Crippen LogP contribution < -0.4 is 4.74 Å². The van der Waals surface area contributed by atoms with E-state index >= 15 is 0 Å². The van der Waals surface area contributed by atoms with E-state index in [2.05, 4.69) is 11.0 Å². The monoisotopic (exact) mass is 366 g/mol. The van der Waals surface area contributed by atoms with E-state index in [-0.39, 0.29) is 23.1 Å². The Hall–Kier alpha value is -2.10. The van der Waals surface area contributed by atoms with Crippen LogP contribution in [0.4, 0.5) is 0 Å². The second kappa shape index (κ2) is 4.84. The maximum atomic E-state index is 12.8. The first-order valence-electron chi connectivity index (χ1n) is 9.95. The van der Waals surface area contributed by atoms with Crippen molar-refractivity contribution in [2.45, 2.75) is 61.7 Å². The summed E-state index contributed by atoms with van der Waals surface area (Å²) in [6.07, 6.45) is 3.63. The van der Waals surface area contributed by atoms with Crippen molar-refractivity contribution in [3.8, 4) is 17.6 Å². The Morgan fingerprint density at radius 2 is 2.19 bits per heavy atom. The molecular formula is C21H22N2O4. The zero-order valence-electron chi connectivity index (χ0n) is 15.1. The van der Waals surface area contributed by atoms with Gasteiger partial charge in [0.15, 0.2) is 11.9 Å². The molecule has 1 aromatic rings. The number of phenolic OH excluding ortho intramolecular Hbond substituents is 1. The summed E-state index contributed by atoms with van der Waals surface area (Å²) in [4.78, 5) is 15.2. The fraction of sp³-hybridized carbons (Fsp3) is 0.619. The number of hydrogen-bond acceptors (Lipinski definition) is 6. The minimum absolute atomic E-state index is 0.00139. The number of aliphatic hydroxyl groups is 1. The number of nitriles is 1. The van der Waals surface area contributed by atoms with E-state index < -0.39 is 17.1 Å². The number of Topliss-reactive ketones (excluding diaryl/α,β-unsaturated/α-hetero) is 1. The number of nitrogens with zero attached hydrogens (tertiary/aromatic N) is 2. The van der Waals surface area contributed by atoms with Crippen molar-refractivity contribution in [2.75, 3.05) is 13.1 Å². The van der Waals surface area contributed by atoms with Gasteiger partial charge in [0.25, 0.3) is 0 Å². The topological polar surface area (TPSA) is 93.8 Å². The third-order valence-electron chi connectivity index (χ3n) is 7.80. The van der Waals surface area contributed by atoms with Gasteiger partial charge in [-0.3, -0.25) is 9.69 Å². The van der Waals surface area contributed by atoms with Crippen molar-refractivity contribution in [2.24, 2.45) is 5.92 Å². The predicted molar refractivity (Wildman–Crippen MR) is 94.5 cm³/mol. The predicted octanol–water partition coefficient (Wildman–Crippen LogP) is 1.40. The van der Waals surface area contributed by atoms with Crippen LogP contribution in [0.2, 0.25) is 0 Å². The molecule has 1 aromatic carbocycles. The van der Waals surface area contributed by atoms with E-state index in [0.717, 1.165) is 24.2 Å². The molecule has 3 fully saturated rings. The summed E-state index contributed by atoms with van der Waals surface area (Å²) in [5, 5.41) is 32.3. The summed E-state index contributed by atoms with van der Waals surface area (Å²) < 4.78 is 6.10. The van der Waals surface area contributed by atoms with Crippen LogP contribution >= 0.6 is 0 Å². The second-order valence-electron chi connectivity index (χ2n) is 9.01. The van der Waals surface area contributed by atoms with Crippen molar-refractivity contribution in [1.82, 2.24) is 4.90 Å². The maximum Gasteiger partial charge on any atom is 0.174 e. The van der Waals surface area contributed by atoms with Gasteiger partial charge < -0.3 is 14.9 Å². The lowest BCUT2D eigenvalue weighted by Gasteiger charge is -2.62. The molecule has 6 nitrogen and oxygen atoms in total. The average molecular weight is 366 g/mol. The standard InChI is InChI=1S/C21H22N2O4/c22-9-12-7-15(25)13-8-16-21(26)4-3-14(24)19-20(21,17(13)18(12)27-19)5-6-23(16)10-11-1-2-11/h7,11,16,19,25-26H,1-6,8,10H2/t16-,19?,20+,21-/m1/s1. The first-order chi connectivity index (χ1) is 13.0. The molecular weight excluding hydrogens is 344 g/mol. The quantitative estimate of drug-likeness (QED) is 0.822. The molecule has 6 rings (SSSR count). The zero-order chi connectivity index (χ0) is 18.6. The van der Waals surface area contributed by atoms with E-state index in [4.69, 9.17) is 4.74 Å². The van der Waals surface area contributed by atoms with E-state index in [1.54, 1.807) is 0 Å². The highest BCUT2D eigenvalue weighted by Crippen LogP contribution is 2.65. The molecule has 1 unspecified atom stereocenters. The molecule has 2 saturated carbocycles. The molecule has 0 aromatic heterocycles. The van der Waals surface area contributed by atoms with Gasteiger partial charge in [-0.25, -0.2) is 0 Å². The van der Waals surface area contributed by atoms with Crippen molar-refractivity contribution in [3.63, 3.8) is 0 Å². The van der Waals surface area contributed by atoms with E-state index in [1.165, 1.54) is 18.9 Å². The van der Waals surface area contributed by atoms with Crippen LogP contribution in [0.15, 0.2) is 6.07 Å². The zero-order valence-corrected chi connectivity index (χ0v) is 15.1. The number of likely N-dealkylation sites (tertiary alicyclic amines) is 1. The van der Waals surface area contributed by atoms with Gasteiger partial charge >= 0.3 is 0 Å². The van der Waals surface area contributed by atoms with Gasteiger partial charge in [0, 0.05) is 36.2 Å². The normalized spacial score (nSPS) is 38.9. The average Bonchev–Trinajstić information content (AvgIpc) is 3.39. The van der Waals surface area contributed by atoms with Crippen LogP contribution in [0.5, 0.6) is 11.5 Å². The molecule has 4 atom stereocenters. The molecule has 0 amide bonds. The Morgan fingerprint density at radius 1 is 1.37 bits per heavy atom. The van der Waals surface area contributed by atoms with Gasteiger partial charge in [0.2, 0.25) is 0 Å². The van der Waals surface area contributed by atoms with Gasteiger partial charge in [-0.1, -0.05) is 0 Å². The number of rotatable bonds is 2. The lowest BCUT2D eigenvalue weighted by Crippen LogP contribution is -2.76. The summed E-state index contributed by atoms with van der Waals surface area (Å²) >= 11 is 0. The maximum absolute atomic E-state index is 12.8. The number of benzene rings is 1. The van der Waals surface area contributed by atoms with E-state index in [1.807, 2.05) is 0 Å². The summed E-state index contributed by atoms with van der Waals surface area (Å²) in [6.45, 7) is 1.79. The molecule has 2 aliphatic heterocycles. The highest BCUT2D eigenvalue weighted by Gasteiger charge is 2.73. The van der Waals surface area contributed by atoms with Crippen LogP contribution in [-0.4, -0.2) is 51.7 Å². The minimum Gasteiger partial charge on any atom is -0.508 e. The third-order valence-corrected chi connectivity index (χ3v) is 7.80. The number of phenols is 1. The Labute approximate surface area is 157 Å². The number of carbonyl (C=O) groups excluding carboxylic acids is 1. The molecule has 2 heterocycles. The summed E-state index contributed by atoms with van der Waals surface area (Å²) in [5.74, 6) is 1.21. The number of ketones is 1. The molecule has 6 heteroatoms. The lowest BCUT2D eigenvalue weighted by molar-refractivity contribution is -0.189. The highest BCUT2D eigenvalue weighted by atomic mass is 16.5. The summed E-state index contributed by atoms with van der Waals surface area (Å²) in [7, 11) is 0. The largest absolute Gasteiger partial charge is 0.508 e. The van der Waals surface area contributed by atoms with Gasteiger partial charge in [-0.15, -0.1) is 0 Å². The fourth-order valence-corrected chi connectivity index (χ4v) is 6.43. The highest BCUT2D eigenvalue weighted by molar-refractivity contribution is 5.90. The van der Waals surface area contributed by atoms with E-state index in [9.17, 15) is 20.3 Å². The Balaban J connectivity index is 1.61. The van der Waals surface area contributed by atoms with Crippen molar-refractivity contribution < 1.29 is 19.7 Å². The molecule has 5 aliphatic rings. The van der Waals surface area contributed by atoms with Crippen LogP contribution in [-0.2, 0) is 16.6 Å². The lowest BCUT2D eigenvalue weighted by atomic mass is 9.49. The second-order valence-corrected chi connectivity index (χ2v) is 9.01. The number of hydrogen-bond donors (Lipinski definition) is 2. The molecule has 0 radical (unpaired) electrons. The molecule has 1 spiro atoms. The number of carbonyl (C=O) groups is 1. The van der Waals surface area contributed by atoms with Crippen LogP contribution in [0.1, 0.15) is 48.8 Å². The van der Waals surface area contributed by atoms with Crippen molar-refractivity contribution >= 4 is 5.78 Å².